The number of aromatic amines is 1. The first-order chi connectivity index (χ1) is 9.40. The number of aromatic carboxylic acids is 1. The quantitative estimate of drug-likeness (QED) is 0.753. The SMILES string of the molecule is CCC(CSC)N(C)C(=O)Nc1cc(C)[nH]c1C(=O)O. The van der Waals surface area contributed by atoms with E-state index in [-0.39, 0.29) is 17.8 Å². The van der Waals surface area contributed by atoms with Gasteiger partial charge in [-0.05, 0) is 25.7 Å². The molecule has 3 N–H and O–H groups in total. The minimum absolute atomic E-state index is 0.00200. The fourth-order valence-corrected chi connectivity index (χ4v) is 2.77. The maximum atomic E-state index is 12.2. The van der Waals surface area contributed by atoms with Crippen molar-refractivity contribution in [2.24, 2.45) is 0 Å². The first kappa shape index (κ1) is 16.4. The Labute approximate surface area is 122 Å². The van der Waals surface area contributed by atoms with E-state index in [0.29, 0.717) is 11.4 Å². The molecule has 0 aliphatic rings. The number of nitrogens with one attached hydrogen (secondary N) is 2. The molecule has 1 atom stereocenters. The lowest BCUT2D eigenvalue weighted by molar-refractivity contribution is 0.0692. The Kier molecular flexibility index (Phi) is 5.94. The van der Waals surface area contributed by atoms with Gasteiger partial charge in [0.05, 0.1) is 5.69 Å². The van der Waals surface area contributed by atoms with Crippen LogP contribution in [0.15, 0.2) is 6.07 Å². The molecule has 0 aliphatic heterocycles. The lowest BCUT2D eigenvalue weighted by Gasteiger charge is -2.26. The van der Waals surface area contributed by atoms with E-state index in [1.165, 1.54) is 0 Å². The van der Waals surface area contributed by atoms with Gasteiger partial charge in [-0.15, -0.1) is 0 Å². The molecule has 1 aromatic heterocycles. The van der Waals surface area contributed by atoms with Crippen molar-refractivity contribution in [3.63, 3.8) is 0 Å². The number of carbonyl (C=O) groups excluding carboxylic acids is 1. The minimum atomic E-state index is -1.09. The smallest absolute Gasteiger partial charge is 0.354 e. The van der Waals surface area contributed by atoms with Crippen molar-refractivity contribution in [2.45, 2.75) is 26.3 Å². The zero-order valence-corrected chi connectivity index (χ0v) is 13.0. The van der Waals surface area contributed by atoms with Crippen molar-refractivity contribution < 1.29 is 14.7 Å². The van der Waals surface area contributed by atoms with Crippen molar-refractivity contribution in [1.82, 2.24) is 9.88 Å². The topological polar surface area (TPSA) is 85.4 Å². The van der Waals surface area contributed by atoms with Gasteiger partial charge >= 0.3 is 12.0 Å². The van der Waals surface area contributed by atoms with Gasteiger partial charge in [0.25, 0.3) is 0 Å². The number of amides is 2. The normalized spacial score (nSPS) is 12.0. The second kappa shape index (κ2) is 7.23. The van der Waals surface area contributed by atoms with Crippen LogP contribution in [0, 0.1) is 6.92 Å². The highest BCUT2D eigenvalue weighted by Crippen LogP contribution is 2.18. The van der Waals surface area contributed by atoms with E-state index in [2.05, 4.69) is 10.3 Å². The van der Waals surface area contributed by atoms with Crippen LogP contribution in [0.1, 0.15) is 29.5 Å². The predicted octanol–water partition coefficient (Wildman–Crippen LogP) is 2.63. The van der Waals surface area contributed by atoms with Crippen molar-refractivity contribution >= 4 is 29.4 Å². The van der Waals surface area contributed by atoms with Crippen molar-refractivity contribution in [1.29, 1.82) is 0 Å². The third kappa shape index (κ3) is 3.93. The zero-order chi connectivity index (χ0) is 15.3. The average molecular weight is 299 g/mol. The molecule has 0 spiro atoms. The van der Waals surface area contributed by atoms with Crippen LogP contribution in [-0.4, -0.2) is 52.1 Å². The van der Waals surface area contributed by atoms with Crippen LogP contribution in [0.2, 0.25) is 0 Å². The van der Waals surface area contributed by atoms with Gasteiger partial charge in [-0.2, -0.15) is 11.8 Å². The number of carboxylic acids is 1. The molecule has 112 valence electrons. The number of H-pyrrole nitrogens is 1. The first-order valence-electron chi connectivity index (χ1n) is 6.36. The van der Waals surface area contributed by atoms with Gasteiger partial charge in [-0.25, -0.2) is 9.59 Å². The fourth-order valence-electron chi connectivity index (χ4n) is 1.92. The van der Waals surface area contributed by atoms with E-state index >= 15 is 0 Å². The Balaban J connectivity index is 2.82. The molecule has 0 aromatic carbocycles. The number of carboxylic acid groups (broad SMARTS) is 1. The van der Waals surface area contributed by atoms with Gasteiger partial charge < -0.3 is 20.3 Å². The molecule has 0 aliphatic carbocycles. The molecule has 0 saturated carbocycles. The van der Waals surface area contributed by atoms with Crippen LogP contribution in [0.3, 0.4) is 0 Å². The molecule has 2 amide bonds. The summed E-state index contributed by atoms with van der Waals surface area (Å²) >= 11 is 1.68. The Morgan fingerprint density at radius 1 is 1.55 bits per heavy atom. The van der Waals surface area contributed by atoms with Crippen LogP contribution in [-0.2, 0) is 0 Å². The van der Waals surface area contributed by atoms with E-state index in [4.69, 9.17) is 5.11 Å². The van der Waals surface area contributed by atoms with Crippen LogP contribution < -0.4 is 5.32 Å². The number of carbonyl (C=O) groups is 2. The van der Waals surface area contributed by atoms with E-state index in [9.17, 15) is 9.59 Å². The van der Waals surface area contributed by atoms with Crippen LogP contribution in [0.4, 0.5) is 10.5 Å². The van der Waals surface area contributed by atoms with Crippen LogP contribution >= 0.6 is 11.8 Å². The summed E-state index contributed by atoms with van der Waals surface area (Å²) in [5.74, 6) is -0.245. The molecule has 1 rings (SSSR count). The molecule has 0 saturated heterocycles. The van der Waals surface area contributed by atoms with Gasteiger partial charge in [0.2, 0.25) is 0 Å². The van der Waals surface area contributed by atoms with Crippen molar-refractivity contribution in [3.05, 3.63) is 17.5 Å². The predicted molar refractivity (Wildman–Crippen MR) is 81.7 cm³/mol. The van der Waals surface area contributed by atoms with E-state index in [1.54, 1.807) is 36.7 Å². The second-order valence-electron chi connectivity index (χ2n) is 4.60. The number of thioether (sulfide) groups is 1. The van der Waals surface area contributed by atoms with Gasteiger partial charge in [0.1, 0.15) is 5.69 Å². The number of urea groups is 1. The molecule has 1 unspecified atom stereocenters. The molecular weight excluding hydrogens is 278 g/mol. The summed E-state index contributed by atoms with van der Waals surface area (Å²) in [4.78, 5) is 27.6. The molecule has 20 heavy (non-hydrogen) atoms. The zero-order valence-electron chi connectivity index (χ0n) is 12.2. The van der Waals surface area contributed by atoms with Gasteiger partial charge in [-0.3, -0.25) is 0 Å². The highest BCUT2D eigenvalue weighted by Gasteiger charge is 2.21. The number of aromatic nitrogens is 1. The number of hydrogen-bond acceptors (Lipinski definition) is 3. The Hall–Kier alpha value is -1.63. The van der Waals surface area contributed by atoms with E-state index in [0.717, 1.165) is 12.2 Å². The van der Waals surface area contributed by atoms with Crippen LogP contribution in [0.25, 0.3) is 0 Å². The lowest BCUT2D eigenvalue weighted by Crippen LogP contribution is -2.41. The summed E-state index contributed by atoms with van der Waals surface area (Å²) in [5.41, 5.74) is 0.990. The standard InChI is InChI=1S/C13H21N3O3S/c1-5-9(7-20-4)16(3)13(19)15-10-6-8(2)14-11(10)12(17)18/h6,9,14H,5,7H2,1-4H3,(H,15,19)(H,17,18). The van der Waals surface area contributed by atoms with E-state index < -0.39 is 5.97 Å². The Bertz CT molecular complexity index is 487. The third-order valence-corrected chi connectivity index (χ3v) is 3.82. The maximum Gasteiger partial charge on any atom is 0.354 e. The summed E-state index contributed by atoms with van der Waals surface area (Å²) in [6, 6.07) is 1.44. The summed E-state index contributed by atoms with van der Waals surface area (Å²) in [5, 5.41) is 11.7. The summed E-state index contributed by atoms with van der Waals surface area (Å²) in [7, 11) is 1.72. The number of nitrogens with zero attached hydrogens (tertiary/aromatic N) is 1. The maximum absolute atomic E-state index is 12.2. The van der Waals surface area contributed by atoms with Gasteiger partial charge in [-0.1, -0.05) is 6.92 Å². The van der Waals surface area contributed by atoms with Crippen molar-refractivity contribution in [2.75, 3.05) is 24.4 Å². The number of rotatable bonds is 6. The molecule has 1 aromatic rings. The third-order valence-electron chi connectivity index (χ3n) is 3.11. The lowest BCUT2D eigenvalue weighted by atomic mass is 10.2. The van der Waals surface area contributed by atoms with Crippen molar-refractivity contribution in [3.8, 4) is 0 Å². The average Bonchev–Trinajstić information content (AvgIpc) is 2.76. The highest BCUT2D eigenvalue weighted by molar-refractivity contribution is 7.98. The van der Waals surface area contributed by atoms with Gasteiger partial charge in [0.15, 0.2) is 0 Å². The number of anilines is 1. The monoisotopic (exact) mass is 299 g/mol. The Morgan fingerprint density at radius 2 is 2.20 bits per heavy atom. The largest absolute Gasteiger partial charge is 0.477 e. The highest BCUT2D eigenvalue weighted by atomic mass is 32.2. The summed E-state index contributed by atoms with van der Waals surface area (Å²) < 4.78 is 0. The summed E-state index contributed by atoms with van der Waals surface area (Å²) in [6.45, 7) is 3.77. The van der Waals surface area contributed by atoms with Crippen LogP contribution in [0.5, 0.6) is 0 Å². The fraction of sp³-hybridized carbons (Fsp3) is 0.538. The first-order valence-corrected chi connectivity index (χ1v) is 7.75. The molecular formula is C13H21N3O3S. The molecule has 6 nitrogen and oxygen atoms in total. The molecule has 0 bridgehead atoms. The second-order valence-corrected chi connectivity index (χ2v) is 5.52. The molecule has 1 heterocycles. The molecule has 0 fully saturated rings. The minimum Gasteiger partial charge on any atom is -0.477 e. The van der Waals surface area contributed by atoms with E-state index in [1.807, 2.05) is 13.2 Å². The Morgan fingerprint density at radius 3 is 2.70 bits per heavy atom. The van der Waals surface area contributed by atoms with Gasteiger partial charge in [0, 0.05) is 24.5 Å². The number of hydrogen-bond donors (Lipinski definition) is 3. The molecule has 0 radical (unpaired) electrons. The number of aryl methyl sites for hydroxylation is 1. The summed E-state index contributed by atoms with van der Waals surface area (Å²) in [6.07, 6.45) is 2.84. The molecule has 7 heteroatoms.